The Hall–Kier alpha value is -2.67. The predicted molar refractivity (Wildman–Crippen MR) is 141 cm³/mol. The van der Waals surface area contributed by atoms with Crippen LogP contribution < -0.4 is 16.2 Å². The number of pyridine rings is 1. The molecule has 1 aromatic heterocycles. The summed E-state index contributed by atoms with van der Waals surface area (Å²) in [5.41, 5.74) is 5.82. The van der Waals surface area contributed by atoms with Crippen molar-refractivity contribution >= 4 is 23.1 Å². The Kier molecular flexibility index (Phi) is 8.60. The molecular formula is C28H34ClN3O3. The first-order chi connectivity index (χ1) is 17.0. The number of nitrogens with one attached hydrogen (secondary N) is 2. The molecule has 2 heterocycles. The van der Waals surface area contributed by atoms with E-state index in [-0.39, 0.29) is 29.9 Å². The van der Waals surface area contributed by atoms with Gasteiger partial charge in [-0.3, -0.25) is 9.59 Å². The lowest BCUT2D eigenvalue weighted by molar-refractivity contribution is -0.124. The summed E-state index contributed by atoms with van der Waals surface area (Å²) in [6, 6.07) is 10.2. The number of benzene rings is 1. The summed E-state index contributed by atoms with van der Waals surface area (Å²) in [6.07, 6.45) is 9.95. The van der Waals surface area contributed by atoms with Gasteiger partial charge in [0.25, 0.3) is 5.56 Å². The van der Waals surface area contributed by atoms with Gasteiger partial charge in [-0.2, -0.15) is 0 Å². The molecule has 2 aliphatic rings. The van der Waals surface area contributed by atoms with Crippen LogP contribution in [0.15, 0.2) is 59.0 Å². The molecule has 0 spiro atoms. The van der Waals surface area contributed by atoms with Gasteiger partial charge >= 0.3 is 0 Å². The average molecular weight is 496 g/mol. The Bertz CT molecular complexity index is 1180. The highest BCUT2D eigenvalue weighted by molar-refractivity contribution is 6.31. The van der Waals surface area contributed by atoms with E-state index in [4.69, 9.17) is 16.3 Å². The van der Waals surface area contributed by atoms with Gasteiger partial charge in [0.1, 0.15) is 6.61 Å². The quantitative estimate of drug-likeness (QED) is 0.577. The smallest absolute Gasteiger partial charge is 0.250 e. The molecule has 2 unspecified atom stereocenters. The van der Waals surface area contributed by atoms with Crippen LogP contribution in [0.1, 0.15) is 54.2 Å². The number of aromatic nitrogens is 1. The second-order valence-electron chi connectivity index (χ2n) is 9.34. The van der Waals surface area contributed by atoms with Crippen LogP contribution in [0, 0.1) is 0 Å². The molecule has 1 aliphatic heterocycles. The van der Waals surface area contributed by atoms with Crippen molar-refractivity contribution in [2.75, 3.05) is 33.4 Å². The Morgan fingerprint density at radius 2 is 2.11 bits per heavy atom. The van der Waals surface area contributed by atoms with Gasteiger partial charge in [0, 0.05) is 50.5 Å². The fourth-order valence-corrected chi connectivity index (χ4v) is 5.50. The lowest BCUT2D eigenvalue weighted by Crippen LogP contribution is -2.34. The summed E-state index contributed by atoms with van der Waals surface area (Å²) in [5.74, 6) is 0.345. The highest BCUT2D eigenvalue weighted by Crippen LogP contribution is 2.41. The van der Waals surface area contributed by atoms with Crippen LogP contribution in [0.2, 0.25) is 5.02 Å². The number of hydrogen-bond acceptors (Lipinski definition) is 4. The summed E-state index contributed by atoms with van der Waals surface area (Å²) < 4.78 is 6.49. The molecule has 1 amide bonds. The van der Waals surface area contributed by atoms with Gasteiger partial charge in [0.05, 0.1) is 0 Å². The third-order valence-electron chi connectivity index (χ3n) is 7.05. The number of piperidine rings is 1. The van der Waals surface area contributed by atoms with Gasteiger partial charge in [-0.1, -0.05) is 41.5 Å². The van der Waals surface area contributed by atoms with Gasteiger partial charge in [-0.05, 0) is 72.5 Å². The Labute approximate surface area is 212 Å². The third kappa shape index (κ3) is 6.13. The molecule has 0 saturated carbocycles. The molecule has 1 aliphatic carbocycles. The summed E-state index contributed by atoms with van der Waals surface area (Å²) in [6.45, 7) is 2.42. The van der Waals surface area contributed by atoms with Crippen molar-refractivity contribution in [2.24, 2.45) is 7.05 Å². The predicted octanol–water partition coefficient (Wildman–Crippen LogP) is 4.16. The number of methoxy groups -OCH3 is 1. The van der Waals surface area contributed by atoms with E-state index in [1.807, 2.05) is 6.20 Å². The summed E-state index contributed by atoms with van der Waals surface area (Å²) in [4.78, 5) is 24.0. The van der Waals surface area contributed by atoms with Crippen LogP contribution in [0.4, 0.5) is 0 Å². The first-order valence-electron chi connectivity index (χ1n) is 12.3. The third-order valence-corrected chi connectivity index (χ3v) is 7.38. The summed E-state index contributed by atoms with van der Waals surface area (Å²) in [5, 5.41) is 7.18. The number of carbonyl (C=O) groups is 1. The zero-order chi connectivity index (χ0) is 24.8. The van der Waals surface area contributed by atoms with Crippen LogP contribution >= 0.6 is 11.6 Å². The number of carbonyl (C=O) groups excluding carboxylic acids is 1. The number of halogens is 1. The van der Waals surface area contributed by atoms with Gasteiger partial charge in [0.15, 0.2) is 0 Å². The van der Waals surface area contributed by atoms with Crippen molar-refractivity contribution in [1.29, 1.82) is 0 Å². The molecule has 2 atom stereocenters. The van der Waals surface area contributed by atoms with Gasteiger partial charge < -0.3 is 19.9 Å². The molecule has 2 aromatic rings. The summed E-state index contributed by atoms with van der Waals surface area (Å²) in [7, 11) is 3.30. The van der Waals surface area contributed by atoms with E-state index in [0.29, 0.717) is 6.54 Å². The molecule has 2 N–H and O–H groups in total. The zero-order valence-electron chi connectivity index (χ0n) is 20.5. The van der Waals surface area contributed by atoms with Crippen molar-refractivity contribution in [3.05, 3.63) is 86.3 Å². The van der Waals surface area contributed by atoms with E-state index in [1.165, 1.54) is 18.3 Å². The Balaban J connectivity index is 1.57. The average Bonchev–Trinajstić information content (AvgIpc) is 2.86. The molecular weight excluding hydrogens is 462 g/mol. The lowest BCUT2D eigenvalue weighted by atomic mass is 9.77. The second kappa shape index (κ2) is 11.8. The van der Waals surface area contributed by atoms with Crippen molar-refractivity contribution < 1.29 is 9.53 Å². The van der Waals surface area contributed by atoms with Crippen molar-refractivity contribution in [3.63, 3.8) is 0 Å². The number of ether oxygens (including phenoxy) is 1. The molecule has 1 aromatic carbocycles. The number of nitrogens with zero attached hydrogens (tertiary/aromatic N) is 1. The van der Waals surface area contributed by atoms with Crippen LogP contribution in [-0.2, 0) is 16.6 Å². The van der Waals surface area contributed by atoms with E-state index in [2.05, 4.69) is 47.1 Å². The fourth-order valence-electron chi connectivity index (χ4n) is 5.18. The van der Waals surface area contributed by atoms with Crippen LogP contribution in [0.5, 0.6) is 0 Å². The highest BCUT2D eigenvalue weighted by atomic mass is 35.5. The molecule has 186 valence electrons. The molecule has 1 saturated heterocycles. The van der Waals surface area contributed by atoms with Gasteiger partial charge in [0.2, 0.25) is 5.91 Å². The maximum Gasteiger partial charge on any atom is 0.250 e. The minimum atomic E-state index is -0.0969. The van der Waals surface area contributed by atoms with Crippen LogP contribution in [0.3, 0.4) is 0 Å². The van der Waals surface area contributed by atoms with Crippen molar-refractivity contribution in [3.8, 4) is 0 Å². The fraction of sp³-hybridized carbons (Fsp3) is 0.429. The minimum absolute atomic E-state index is 0.0168. The number of hydrogen-bond donors (Lipinski definition) is 2. The first-order valence-corrected chi connectivity index (χ1v) is 12.7. The van der Waals surface area contributed by atoms with Crippen molar-refractivity contribution in [2.45, 2.75) is 37.5 Å². The number of aryl methyl sites for hydroxylation is 1. The van der Waals surface area contributed by atoms with Crippen molar-refractivity contribution in [1.82, 2.24) is 15.2 Å². The number of amides is 1. The number of allylic oxidation sites excluding steroid dienone is 3. The zero-order valence-corrected chi connectivity index (χ0v) is 21.2. The molecule has 6 nitrogen and oxygen atoms in total. The second-order valence-corrected chi connectivity index (χ2v) is 9.75. The molecule has 35 heavy (non-hydrogen) atoms. The topological polar surface area (TPSA) is 72.4 Å². The lowest BCUT2D eigenvalue weighted by Gasteiger charge is -2.33. The van der Waals surface area contributed by atoms with E-state index >= 15 is 0 Å². The standard InChI is InChI=1S/C28H34ClN3O3/c1-32-14-11-21(16-28(32)34)23-10-12-30-17-25(23)24-8-7-20(15-26(24)29)22-6-4-3-5-19(22)9-13-31-27(33)18-35-2/h4,6-8,11,14-16,23,25,30H,3,5,9-10,12-13,17-18H2,1-2H3,(H,31,33). The molecule has 0 radical (unpaired) electrons. The minimum Gasteiger partial charge on any atom is -0.375 e. The van der Waals surface area contributed by atoms with Crippen LogP contribution in [0.25, 0.3) is 5.57 Å². The molecule has 0 bridgehead atoms. The maximum absolute atomic E-state index is 12.3. The largest absolute Gasteiger partial charge is 0.375 e. The summed E-state index contributed by atoms with van der Waals surface area (Å²) >= 11 is 6.91. The Morgan fingerprint density at radius 3 is 2.89 bits per heavy atom. The van der Waals surface area contributed by atoms with E-state index in [9.17, 15) is 9.59 Å². The monoisotopic (exact) mass is 495 g/mol. The highest BCUT2D eigenvalue weighted by Gasteiger charge is 2.29. The number of rotatable bonds is 8. The molecule has 4 rings (SSSR count). The Morgan fingerprint density at radius 1 is 1.26 bits per heavy atom. The normalized spacial score (nSPS) is 20.2. The SMILES string of the molecule is COCC(=O)NCCC1=C(c2ccc(C3CNCCC3c3ccn(C)c(=O)c3)c(Cl)c2)C=CCC1. The first kappa shape index (κ1) is 25.4. The van der Waals surface area contributed by atoms with Crippen LogP contribution in [-0.4, -0.2) is 43.8 Å². The van der Waals surface area contributed by atoms with Gasteiger partial charge in [-0.15, -0.1) is 0 Å². The molecule has 1 fully saturated rings. The molecule has 7 heteroatoms. The van der Waals surface area contributed by atoms with E-state index < -0.39 is 0 Å². The van der Waals surface area contributed by atoms with Gasteiger partial charge in [-0.25, -0.2) is 0 Å². The van der Waals surface area contributed by atoms with E-state index in [1.54, 1.807) is 17.7 Å². The van der Waals surface area contributed by atoms with E-state index in [0.717, 1.165) is 60.5 Å². The maximum atomic E-state index is 12.3.